The lowest BCUT2D eigenvalue weighted by molar-refractivity contribution is -0.137. The molecular formula is C23H21F3N2O4S. The highest BCUT2D eigenvalue weighted by molar-refractivity contribution is 7.92. The van der Waals surface area contributed by atoms with E-state index in [2.05, 4.69) is 5.32 Å². The number of anilines is 2. The number of hydrogen-bond acceptors (Lipinski definition) is 4. The van der Waals surface area contributed by atoms with E-state index in [1.54, 1.807) is 19.1 Å². The van der Waals surface area contributed by atoms with E-state index in [9.17, 15) is 26.4 Å². The summed E-state index contributed by atoms with van der Waals surface area (Å²) in [5.74, 6) is -0.465. The Labute approximate surface area is 189 Å². The van der Waals surface area contributed by atoms with E-state index in [4.69, 9.17) is 4.74 Å². The first kappa shape index (κ1) is 24.1. The lowest BCUT2D eigenvalue weighted by Gasteiger charge is -2.24. The molecule has 0 aliphatic rings. The summed E-state index contributed by atoms with van der Waals surface area (Å²) >= 11 is 0. The van der Waals surface area contributed by atoms with Crippen molar-refractivity contribution in [3.8, 4) is 5.75 Å². The molecule has 0 aliphatic heterocycles. The summed E-state index contributed by atoms with van der Waals surface area (Å²) in [5.41, 5.74) is -0.504. The van der Waals surface area contributed by atoms with Crippen LogP contribution in [-0.2, 0) is 21.0 Å². The number of carbonyl (C=O) groups is 1. The molecule has 3 rings (SSSR count). The highest BCUT2D eigenvalue weighted by Gasteiger charge is 2.34. The van der Waals surface area contributed by atoms with Crippen molar-refractivity contribution in [1.82, 2.24) is 0 Å². The predicted molar refractivity (Wildman–Crippen MR) is 119 cm³/mol. The van der Waals surface area contributed by atoms with Crippen LogP contribution < -0.4 is 14.4 Å². The van der Waals surface area contributed by atoms with Crippen LogP contribution in [0.25, 0.3) is 0 Å². The second-order valence-electron chi connectivity index (χ2n) is 7.11. The number of para-hydroxylation sites is 1. The van der Waals surface area contributed by atoms with Crippen LogP contribution in [0, 0.1) is 6.92 Å². The van der Waals surface area contributed by atoms with Gasteiger partial charge < -0.3 is 10.1 Å². The van der Waals surface area contributed by atoms with Crippen LogP contribution in [-0.4, -0.2) is 28.0 Å². The molecule has 3 aromatic rings. The number of nitrogens with one attached hydrogen (secondary N) is 1. The van der Waals surface area contributed by atoms with Crippen molar-refractivity contribution < 1.29 is 31.1 Å². The van der Waals surface area contributed by atoms with Crippen LogP contribution in [0.1, 0.15) is 11.1 Å². The molecule has 3 aromatic carbocycles. The van der Waals surface area contributed by atoms with E-state index >= 15 is 0 Å². The normalized spacial score (nSPS) is 11.7. The fourth-order valence-corrected chi connectivity index (χ4v) is 4.48. The number of amides is 1. The molecule has 0 aliphatic carbocycles. The Morgan fingerprint density at radius 3 is 2.15 bits per heavy atom. The molecule has 0 heterocycles. The van der Waals surface area contributed by atoms with Crippen LogP contribution in [0.3, 0.4) is 0 Å². The zero-order chi connectivity index (χ0) is 24.2. The summed E-state index contributed by atoms with van der Waals surface area (Å²) in [7, 11) is -2.76. The molecular weight excluding hydrogens is 457 g/mol. The summed E-state index contributed by atoms with van der Waals surface area (Å²) in [6, 6.07) is 16.4. The first-order valence-electron chi connectivity index (χ1n) is 9.72. The number of hydrogen-bond donors (Lipinski definition) is 1. The molecule has 6 nitrogen and oxygen atoms in total. The number of nitrogens with zero attached hydrogens (tertiary/aromatic N) is 1. The number of alkyl halides is 3. The number of benzene rings is 3. The first-order chi connectivity index (χ1) is 15.5. The highest BCUT2D eigenvalue weighted by atomic mass is 32.2. The Bertz CT molecular complexity index is 1230. The SMILES string of the molecule is COc1ccc(N(CC(=O)Nc2ccccc2C(F)(F)F)S(=O)(=O)c2ccc(C)cc2)cc1. The maximum absolute atomic E-state index is 13.3. The van der Waals surface area contributed by atoms with Gasteiger partial charge in [0.2, 0.25) is 5.91 Å². The van der Waals surface area contributed by atoms with Crippen LogP contribution >= 0.6 is 0 Å². The molecule has 1 amide bonds. The zero-order valence-corrected chi connectivity index (χ0v) is 18.6. The third-order valence-corrected chi connectivity index (χ3v) is 6.55. The van der Waals surface area contributed by atoms with Gasteiger partial charge in [-0.1, -0.05) is 29.8 Å². The monoisotopic (exact) mass is 478 g/mol. The lowest BCUT2D eigenvalue weighted by atomic mass is 10.1. The minimum atomic E-state index is -4.69. The van der Waals surface area contributed by atoms with Gasteiger partial charge in [-0.2, -0.15) is 13.2 Å². The molecule has 33 heavy (non-hydrogen) atoms. The minimum absolute atomic E-state index is 0.0626. The molecule has 0 aromatic heterocycles. The van der Waals surface area contributed by atoms with E-state index in [0.717, 1.165) is 22.0 Å². The second-order valence-corrected chi connectivity index (χ2v) is 8.98. The quantitative estimate of drug-likeness (QED) is 0.527. The van der Waals surface area contributed by atoms with E-state index in [1.165, 1.54) is 55.6 Å². The average Bonchev–Trinajstić information content (AvgIpc) is 2.77. The molecule has 1 N–H and O–H groups in total. The number of ether oxygens (including phenoxy) is 1. The van der Waals surface area contributed by atoms with E-state index in [0.29, 0.717) is 5.75 Å². The number of halogens is 3. The Morgan fingerprint density at radius 2 is 1.58 bits per heavy atom. The van der Waals surface area contributed by atoms with Gasteiger partial charge in [-0.25, -0.2) is 8.42 Å². The third kappa shape index (κ3) is 5.64. The molecule has 10 heteroatoms. The van der Waals surface area contributed by atoms with Crippen molar-refractivity contribution in [2.45, 2.75) is 18.0 Å². The van der Waals surface area contributed by atoms with Crippen LogP contribution in [0.4, 0.5) is 24.5 Å². The van der Waals surface area contributed by atoms with Crippen molar-refractivity contribution in [2.75, 3.05) is 23.3 Å². The molecule has 0 radical (unpaired) electrons. The van der Waals surface area contributed by atoms with E-state index < -0.39 is 39.9 Å². The average molecular weight is 478 g/mol. The largest absolute Gasteiger partial charge is 0.497 e. The van der Waals surface area contributed by atoms with Crippen molar-refractivity contribution in [1.29, 1.82) is 0 Å². The number of methoxy groups -OCH3 is 1. The van der Waals surface area contributed by atoms with E-state index in [1.807, 2.05) is 0 Å². The molecule has 0 saturated carbocycles. The van der Waals surface area contributed by atoms with Gasteiger partial charge in [0.1, 0.15) is 12.3 Å². The maximum atomic E-state index is 13.3. The molecule has 0 spiro atoms. The van der Waals surface area contributed by atoms with Gasteiger partial charge in [-0.3, -0.25) is 9.10 Å². The van der Waals surface area contributed by atoms with Gasteiger partial charge in [0.05, 0.1) is 28.9 Å². The maximum Gasteiger partial charge on any atom is 0.418 e. The molecule has 0 atom stereocenters. The smallest absolute Gasteiger partial charge is 0.418 e. The van der Waals surface area contributed by atoms with Crippen molar-refractivity contribution in [2.24, 2.45) is 0 Å². The Morgan fingerprint density at radius 1 is 0.970 bits per heavy atom. The number of aryl methyl sites for hydroxylation is 1. The molecule has 0 unspecified atom stereocenters. The lowest BCUT2D eigenvalue weighted by Crippen LogP contribution is -2.38. The van der Waals surface area contributed by atoms with Gasteiger partial charge >= 0.3 is 6.18 Å². The van der Waals surface area contributed by atoms with Crippen molar-refractivity contribution >= 4 is 27.3 Å². The fourth-order valence-electron chi connectivity index (χ4n) is 3.06. The van der Waals surface area contributed by atoms with Crippen molar-refractivity contribution in [3.63, 3.8) is 0 Å². The fraction of sp³-hybridized carbons (Fsp3) is 0.174. The summed E-state index contributed by atoms with van der Waals surface area (Å²) < 4.78 is 72.4. The summed E-state index contributed by atoms with van der Waals surface area (Å²) in [4.78, 5) is 12.7. The zero-order valence-electron chi connectivity index (χ0n) is 17.8. The van der Waals surface area contributed by atoms with Crippen LogP contribution in [0.2, 0.25) is 0 Å². The molecule has 0 saturated heterocycles. The Hall–Kier alpha value is -3.53. The van der Waals surface area contributed by atoms with Crippen LogP contribution in [0.5, 0.6) is 5.75 Å². The second kappa shape index (κ2) is 9.53. The summed E-state index contributed by atoms with van der Waals surface area (Å²) in [6.07, 6.45) is -4.69. The minimum Gasteiger partial charge on any atom is -0.497 e. The Kier molecular flexibility index (Phi) is 6.97. The summed E-state index contributed by atoms with van der Waals surface area (Å²) in [6.45, 7) is 1.05. The molecule has 174 valence electrons. The molecule has 0 fully saturated rings. The standard InChI is InChI=1S/C23H21F3N2O4S/c1-16-7-13-19(14-8-16)33(30,31)28(17-9-11-18(32-2)12-10-17)15-22(29)27-21-6-4-3-5-20(21)23(24,25)26/h3-14H,15H2,1-2H3,(H,27,29). The molecule has 0 bridgehead atoms. The Balaban J connectivity index is 1.96. The third-order valence-electron chi connectivity index (χ3n) is 4.76. The topological polar surface area (TPSA) is 75.7 Å². The first-order valence-corrected chi connectivity index (χ1v) is 11.2. The summed E-state index contributed by atoms with van der Waals surface area (Å²) in [5, 5.41) is 2.18. The highest BCUT2D eigenvalue weighted by Crippen LogP contribution is 2.34. The van der Waals surface area contributed by atoms with Crippen molar-refractivity contribution in [3.05, 3.63) is 83.9 Å². The van der Waals surface area contributed by atoms with Gasteiger partial charge in [0.15, 0.2) is 0 Å². The number of sulfonamides is 1. The van der Waals surface area contributed by atoms with Gasteiger partial charge in [0, 0.05) is 0 Å². The van der Waals surface area contributed by atoms with E-state index in [-0.39, 0.29) is 10.6 Å². The predicted octanol–water partition coefficient (Wildman–Crippen LogP) is 4.86. The van der Waals surface area contributed by atoms with Gasteiger partial charge in [0.25, 0.3) is 10.0 Å². The van der Waals surface area contributed by atoms with Gasteiger partial charge in [-0.05, 0) is 55.5 Å². The number of rotatable bonds is 7. The number of carbonyl (C=O) groups excluding carboxylic acids is 1. The van der Waals surface area contributed by atoms with Gasteiger partial charge in [-0.15, -0.1) is 0 Å². The van der Waals surface area contributed by atoms with Crippen LogP contribution in [0.15, 0.2) is 77.7 Å².